The Hall–Kier alpha value is -0.600. The quantitative estimate of drug-likeness (QED) is 0.835. The Bertz CT molecular complexity index is 388. The van der Waals surface area contributed by atoms with Crippen LogP contribution in [0.2, 0.25) is 5.02 Å². The first-order valence-electron chi connectivity index (χ1n) is 6.83. The van der Waals surface area contributed by atoms with Gasteiger partial charge in [0, 0.05) is 16.6 Å². The van der Waals surface area contributed by atoms with Gasteiger partial charge in [-0.25, -0.2) is 4.39 Å². The summed E-state index contributed by atoms with van der Waals surface area (Å²) >= 11 is 5.80. The molecule has 1 saturated carbocycles. The Morgan fingerprint density at radius 2 is 2.06 bits per heavy atom. The van der Waals surface area contributed by atoms with Crippen LogP contribution in [0.3, 0.4) is 0 Å². The maximum atomic E-state index is 13.9. The van der Waals surface area contributed by atoms with Gasteiger partial charge in [-0.1, -0.05) is 49.8 Å². The monoisotopic (exact) mass is 269 g/mol. The molecular formula is C15H21ClFN. The molecule has 0 aliphatic heterocycles. The van der Waals surface area contributed by atoms with Crippen molar-refractivity contribution in [1.82, 2.24) is 5.32 Å². The molecule has 0 saturated heterocycles. The highest BCUT2D eigenvalue weighted by Crippen LogP contribution is 2.33. The van der Waals surface area contributed by atoms with Gasteiger partial charge >= 0.3 is 0 Å². The van der Waals surface area contributed by atoms with Crippen LogP contribution in [0, 0.1) is 11.7 Å². The van der Waals surface area contributed by atoms with Crippen molar-refractivity contribution >= 4 is 11.6 Å². The molecule has 1 aromatic rings. The van der Waals surface area contributed by atoms with Crippen LogP contribution in [-0.4, -0.2) is 7.05 Å². The molecule has 1 aliphatic carbocycles. The number of hydrogen-bond donors (Lipinski definition) is 1. The Morgan fingerprint density at radius 3 is 2.67 bits per heavy atom. The van der Waals surface area contributed by atoms with Crippen molar-refractivity contribution in [3.63, 3.8) is 0 Å². The van der Waals surface area contributed by atoms with Gasteiger partial charge in [-0.3, -0.25) is 0 Å². The van der Waals surface area contributed by atoms with E-state index < -0.39 is 0 Å². The van der Waals surface area contributed by atoms with Crippen LogP contribution in [0.5, 0.6) is 0 Å². The Morgan fingerprint density at radius 1 is 1.33 bits per heavy atom. The fraction of sp³-hybridized carbons (Fsp3) is 0.600. The van der Waals surface area contributed by atoms with Crippen LogP contribution in [0.25, 0.3) is 0 Å². The van der Waals surface area contributed by atoms with E-state index in [4.69, 9.17) is 11.6 Å². The van der Waals surface area contributed by atoms with Gasteiger partial charge in [-0.15, -0.1) is 0 Å². The van der Waals surface area contributed by atoms with E-state index in [2.05, 4.69) is 5.32 Å². The first kappa shape index (κ1) is 13.8. The van der Waals surface area contributed by atoms with Crippen molar-refractivity contribution in [2.24, 2.45) is 5.92 Å². The summed E-state index contributed by atoms with van der Waals surface area (Å²) in [7, 11) is 1.90. The van der Waals surface area contributed by atoms with E-state index in [1.54, 1.807) is 6.07 Å². The van der Waals surface area contributed by atoms with Crippen molar-refractivity contribution in [3.8, 4) is 0 Å². The van der Waals surface area contributed by atoms with Crippen molar-refractivity contribution in [3.05, 3.63) is 34.6 Å². The molecule has 1 atom stereocenters. The van der Waals surface area contributed by atoms with E-state index in [9.17, 15) is 4.39 Å². The van der Waals surface area contributed by atoms with Crippen LogP contribution >= 0.6 is 11.6 Å². The SMILES string of the molecule is CNC(CC1CCCCC1)c1ccc(Cl)cc1F. The summed E-state index contributed by atoms with van der Waals surface area (Å²) in [5.41, 5.74) is 0.743. The maximum Gasteiger partial charge on any atom is 0.129 e. The summed E-state index contributed by atoms with van der Waals surface area (Å²) in [5, 5.41) is 3.70. The molecular weight excluding hydrogens is 249 g/mol. The molecule has 0 radical (unpaired) electrons. The van der Waals surface area contributed by atoms with Gasteiger partial charge in [-0.05, 0) is 31.5 Å². The van der Waals surface area contributed by atoms with Gasteiger partial charge in [-0.2, -0.15) is 0 Å². The fourth-order valence-corrected chi connectivity index (χ4v) is 3.10. The minimum atomic E-state index is -0.197. The predicted octanol–water partition coefficient (Wildman–Crippen LogP) is 4.71. The zero-order valence-corrected chi connectivity index (χ0v) is 11.6. The van der Waals surface area contributed by atoms with Crippen molar-refractivity contribution in [2.75, 3.05) is 7.05 Å². The average Bonchev–Trinajstić information content (AvgIpc) is 2.38. The van der Waals surface area contributed by atoms with Crippen LogP contribution in [0.1, 0.15) is 50.1 Å². The van der Waals surface area contributed by atoms with Gasteiger partial charge in [0.25, 0.3) is 0 Å². The first-order chi connectivity index (χ1) is 8.70. The number of benzene rings is 1. The second kappa shape index (κ2) is 6.53. The van der Waals surface area contributed by atoms with E-state index in [1.807, 2.05) is 13.1 Å². The van der Waals surface area contributed by atoms with Crippen LogP contribution in [0.15, 0.2) is 18.2 Å². The number of halogens is 2. The van der Waals surface area contributed by atoms with Gasteiger partial charge in [0.05, 0.1) is 0 Å². The molecule has 2 rings (SSSR count). The molecule has 0 aromatic heterocycles. The fourth-order valence-electron chi connectivity index (χ4n) is 2.94. The van der Waals surface area contributed by atoms with Gasteiger partial charge in [0.2, 0.25) is 0 Å². The van der Waals surface area contributed by atoms with Crippen LogP contribution < -0.4 is 5.32 Å². The second-order valence-electron chi connectivity index (χ2n) is 5.25. The Balaban J connectivity index is 2.07. The third kappa shape index (κ3) is 3.46. The topological polar surface area (TPSA) is 12.0 Å². The molecule has 1 unspecified atom stereocenters. The molecule has 0 heterocycles. The molecule has 3 heteroatoms. The minimum Gasteiger partial charge on any atom is -0.313 e. The summed E-state index contributed by atoms with van der Waals surface area (Å²) in [4.78, 5) is 0. The minimum absolute atomic E-state index is 0.102. The van der Waals surface area contributed by atoms with Crippen molar-refractivity contribution in [2.45, 2.75) is 44.6 Å². The summed E-state index contributed by atoms with van der Waals surface area (Å²) in [6.45, 7) is 0. The summed E-state index contributed by atoms with van der Waals surface area (Å²) in [6, 6.07) is 5.08. The van der Waals surface area contributed by atoms with Gasteiger partial charge < -0.3 is 5.32 Å². The highest BCUT2D eigenvalue weighted by atomic mass is 35.5. The zero-order valence-electron chi connectivity index (χ0n) is 10.9. The Labute approximate surface area is 114 Å². The van der Waals surface area contributed by atoms with Crippen LogP contribution in [-0.2, 0) is 0 Å². The molecule has 1 N–H and O–H groups in total. The van der Waals surface area contributed by atoms with E-state index in [0.717, 1.165) is 17.9 Å². The molecule has 0 spiro atoms. The molecule has 18 heavy (non-hydrogen) atoms. The highest BCUT2D eigenvalue weighted by molar-refractivity contribution is 6.30. The molecule has 1 nitrogen and oxygen atoms in total. The van der Waals surface area contributed by atoms with E-state index >= 15 is 0 Å². The van der Waals surface area contributed by atoms with Crippen LogP contribution in [0.4, 0.5) is 4.39 Å². The third-order valence-corrected chi connectivity index (χ3v) is 4.22. The smallest absolute Gasteiger partial charge is 0.129 e. The van der Waals surface area contributed by atoms with Crippen molar-refractivity contribution in [1.29, 1.82) is 0 Å². The predicted molar refractivity (Wildman–Crippen MR) is 74.4 cm³/mol. The molecule has 0 bridgehead atoms. The third-order valence-electron chi connectivity index (χ3n) is 3.98. The van der Waals surface area contributed by atoms with Gasteiger partial charge in [0.1, 0.15) is 5.82 Å². The first-order valence-corrected chi connectivity index (χ1v) is 7.20. The molecule has 1 fully saturated rings. The molecule has 1 aromatic carbocycles. The van der Waals surface area contributed by atoms with Gasteiger partial charge in [0.15, 0.2) is 0 Å². The highest BCUT2D eigenvalue weighted by Gasteiger charge is 2.21. The summed E-state index contributed by atoms with van der Waals surface area (Å²) in [5.74, 6) is 0.531. The molecule has 100 valence electrons. The normalized spacial score (nSPS) is 18.8. The lowest BCUT2D eigenvalue weighted by Crippen LogP contribution is -2.22. The van der Waals surface area contributed by atoms with E-state index in [1.165, 1.54) is 38.2 Å². The lowest BCUT2D eigenvalue weighted by Gasteiger charge is -2.26. The summed E-state index contributed by atoms with van der Waals surface area (Å²) < 4.78 is 13.9. The lowest BCUT2D eigenvalue weighted by molar-refractivity contribution is 0.303. The number of hydrogen-bond acceptors (Lipinski definition) is 1. The van der Waals surface area contributed by atoms with E-state index in [0.29, 0.717) is 5.02 Å². The standard InChI is InChI=1S/C15H21ClFN/c1-18-15(9-11-5-3-2-4-6-11)13-8-7-12(16)10-14(13)17/h7-8,10-11,15,18H,2-6,9H2,1H3. The van der Waals surface area contributed by atoms with Crippen molar-refractivity contribution < 1.29 is 4.39 Å². The largest absolute Gasteiger partial charge is 0.313 e. The summed E-state index contributed by atoms with van der Waals surface area (Å²) in [6.07, 6.45) is 7.60. The zero-order chi connectivity index (χ0) is 13.0. The lowest BCUT2D eigenvalue weighted by atomic mass is 9.83. The number of rotatable bonds is 4. The Kier molecular flexibility index (Phi) is 5.02. The second-order valence-corrected chi connectivity index (χ2v) is 5.68. The average molecular weight is 270 g/mol. The van der Waals surface area contributed by atoms with E-state index in [-0.39, 0.29) is 11.9 Å². The maximum absolute atomic E-state index is 13.9. The molecule has 0 amide bonds. The number of nitrogens with one attached hydrogen (secondary N) is 1. The molecule has 1 aliphatic rings.